The van der Waals surface area contributed by atoms with Gasteiger partial charge in [0.2, 0.25) is 0 Å². The maximum atomic E-state index is 9.97. The van der Waals surface area contributed by atoms with Crippen molar-refractivity contribution in [1.29, 1.82) is 0 Å². The fourth-order valence-corrected chi connectivity index (χ4v) is 2.79. The Morgan fingerprint density at radius 3 is 2.72 bits per heavy atom. The van der Waals surface area contributed by atoms with E-state index in [1.807, 2.05) is 0 Å². The summed E-state index contributed by atoms with van der Waals surface area (Å²) in [4.78, 5) is 0. The first-order valence-electron chi connectivity index (χ1n) is 6.62. The van der Waals surface area contributed by atoms with Crippen LogP contribution in [-0.2, 0) is 6.42 Å². The second-order valence-corrected chi connectivity index (χ2v) is 5.19. The SMILES string of the molecule is Cc1cccc(-c2ccc3c(c2)CCC[C@H]3O)c1. The number of aryl methyl sites for hydroxylation is 2. The van der Waals surface area contributed by atoms with E-state index in [9.17, 15) is 5.11 Å². The predicted molar refractivity (Wildman–Crippen MR) is 74.5 cm³/mol. The zero-order chi connectivity index (χ0) is 12.5. The summed E-state index contributed by atoms with van der Waals surface area (Å²) in [5.74, 6) is 0. The summed E-state index contributed by atoms with van der Waals surface area (Å²) < 4.78 is 0. The smallest absolute Gasteiger partial charge is 0.0792 e. The monoisotopic (exact) mass is 238 g/mol. The van der Waals surface area contributed by atoms with E-state index in [1.165, 1.54) is 22.3 Å². The van der Waals surface area contributed by atoms with Gasteiger partial charge in [-0.3, -0.25) is 0 Å². The summed E-state index contributed by atoms with van der Waals surface area (Å²) in [7, 11) is 0. The second-order valence-electron chi connectivity index (χ2n) is 5.19. The van der Waals surface area contributed by atoms with E-state index in [-0.39, 0.29) is 6.10 Å². The van der Waals surface area contributed by atoms with Crippen LogP contribution < -0.4 is 0 Å². The molecule has 0 radical (unpaired) electrons. The summed E-state index contributed by atoms with van der Waals surface area (Å²) in [5, 5.41) is 9.97. The number of fused-ring (bicyclic) bond motifs is 1. The molecule has 92 valence electrons. The van der Waals surface area contributed by atoms with Crippen molar-refractivity contribution in [2.45, 2.75) is 32.3 Å². The Balaban J connectivity index is 2.04. The molecule has 0 fully saturated rings. The lowest BCUT2D eigenvalue weighted by Crippen LogP contribution is -2.08. The van der Waals surface area contributed by atoms with Gasteiger partial charge in [-0.25, -0.2) is 0 Å². The highest BCUT2D eigenvalue weighted by Gasteiger charge is 2.17. The van der Waals surface area contributed by atoms with Gasteiger partial charge in [0.05, 0.1) is 6.10 Å². The number of benzene rings is 2. The summed E-state index contributed by atoms with van der Waals surface area (Å²) in [6.07, 6.45) is 2.81. The van der Waals surface area contributed by atoms with Crippen LogP contribution in [0.4, 0.5) is 0 Å². The minimum atomic E-state index is -0.264. The van der Waals surface area contributed by atoms with Crippen molar-refractivity contribution in [3.63, 3.8) is 0 Å². The minimum Gasteiger partial charge on any atom is -0.388 e. The van der Waals surface area contributed by atoms with Crippen LogP contribution in [0.2, 0.25) is 0 Å². The standard InChI is InChI=1S/C17H18O/c1-12-4-2-5-13(10-12)14-8-9-16-15(11-14)6-3-7-17(16)18/h2,4-5,8-11,17-18H,3,6-7H2,1H3/t17-/m1/s1. The molecule has 1 atom stereocenters. The van der Waals surface area contributed by atoms with Gasteiger partial charge in [-0.2, -0.15) is 0 Å². The molecule has 0 bridgehead atoms. The number of aliphatic hydroxyl groups excluding tert-OH is 1. The molecule has 0 aromatic heterocycles. The van der Waals surface area contributed by atoms with Crippen LogP contribution in [0.3, 0.4) is 0 Å². The average molecular weight is 238 g/mol. The van der Waals surface area contributed by atoms with Crippen LogP contribution in [0.1, 0.15) is 35.6 Å². The highest BCUT2D eigenvalue weighted by molar-refractivity contribution is 5.66. The number of rotatable bonds is 1. The van der Waals surface area contributed by atoms with E-state index in [4.69, 9.17) is 0 Å². The molecule has 0 amide bonds. The van der Waals surface area contributed by atoms with Gasteiger partial charge in [-0.1, -0.05) is 48.0 Å². The molecular weight excluding hydrogens is 220 g/mol. The van der Waals surface area contributed by atoms with Crippen molar-refractivity contribution >= 4 is 0 Å². The summed E-state index contributed by atoms with van der Waals surface area (Å²) in [5.41, 5.74) is 6.24. The number of aliphatic hydroxyl groups is 1. The van der Waals surface area contributed by atoms with Crippen LogP contribution in [0.5, 0.6) is 0 Å². The summed E-state index contributed by atoms with van der Waals surface area (Å²) >= 11 is 0. The van der Waals surface area contributed by atoms with E-state index in [0.717, 1.165) is 24.8 Å². The third-order valence-electron chi connectivity index (χ3n) is 3.78. The van der Waals surface area contributed by atoms with Crippen molar-refractivity contribution in [2.24, 2.45) is 0 Å². The van der Waals surface area contributed by atoms with Gasteiger partial charge in [0.25, 0.3) is 0 Å². The van der Waals surface area contributed by atoms with Crippen molar-refractivity contribution in [2.75, 3.05) is 0 Å². The van der Waals surface area contributed by atoms with E-state index in [0.29, 0.717) is 0 Å². The van der Waals surface area contributed by atoms with Crippen molar-refractivity contribution in [3.05, 3.63) is 59.2 Å². The van der Waals surface area contributed by atoms with Crippen molar-refractivity contribution in [3.8, 4) is 11.1 Å². The van der Waals surface area contributed by atoms with Crippen LogP contribution in [0.25, 0.3) is 11.1 Å². The lowest BCUT2D eigenvalue weighted by molar-refractivity contribution is 0.156. The third-order valence-corrected chi connectivity index (χ3v) is 3.78. The Kier molecular flexibility index (Phi) is 2.92. The predicted octanol–water partition coefficient (Wildman–Crippen LogP) is 4.03. The van der Waals surface area contributed by atoms with Crippen molar-refractivity contribution < 1.29 is 5.11 Å². The maximum Gasteiger partial charge on any atom is 0.0792 e. The lowest BCUT2D eigenvalue weighted by atomic mass is 9.87. The molecule has 1 nitrogen and oxygen atoms in total. The van der Waals surface area contributed by atoms with Crippen LogP contribution in [0, 0.1) is 6.92 Å². The average Bonchev–Trinajstić information content (AvgIpc) is 2.39. The molecule has 1 aliphatic carbocycles. The molecule has 1 N–H and O–H groups in total. The first kappa shape index (κ1) is 11.5. The molecule has 1 aliphatic rings. The van der Waals surface area contributed by atoms with Crippen LogP contribution in [-0.4, -0.2) is 5.11 Å². The first-order valence-corrected chi connectivity index (χ1v) is 6.62. The van der Waals surface area contributed by atoms with Crippen molar-refractivity contribution in [1.82, 2.24) is 0 Å². The van der Waals surface area contributed by atoms with Gasteiger partial charge in [0.1, 0.15) is 0 Å². The highest BCUT2D eigenvalue weighted by Crippen LogP contribution is 2.32. The topological polar surface area (TPSA) is 20.2 Å². The molecule has 2 aromatic carbocycles. The molecule has 18 heavy (non-hydrogen) atoms. The third kappa shape index (κ3) is 2.06. The fourth-order valence-electron chi connectivity index (χ4n) is 2.79. The molecular formula is C17H18O. The second kappa shape index (κ2) is 4.58. The molecule has 1 heteroatoms. The summed E-state index contributed by atoms with van der Waals surface area (Å²) in [6.45, 7) is 2.12. The lowest BCUT2D eigenvalue weighted by Gasteiger charge is -2.22. The Morgan fingerprint density at radius 2 is 1.89 bits per heavy atom. The minimum absolute atomic E-state index is 0.264. The quantitative estimate of drug-likeness (QED) is 0.795. The molecule has 3 rings (SSSR count). The van der Waals surface area contributed by atoms with E-state index in [2.05, 4.69) is 49.4 Å². The molecule has 0 aliphatic heterocycles. The Bertz CT molecular complexity index is 572. The van der Waals surface area contributed by atoms with Crippen LogP contribution >= 0.6 is 0 Å². The summed E-state index contributed by atoms with van der Waals surface area (Å²) in [6, 6.07) is 15.0. The largest absolute Gasteiger partial charge is 0.388 e. The zero-order valence-electron chi connectivity index (χ0n) is 10.7. The molecule has 0 spiro atoms. The number of hydrogen-bond acceptors (Lipinski definition) is 1. The van der Waals surface area contributed by atoms with Gasteiger partial charge in [-0.15, -0.1) is 0 Å². The molecule has 0 saturated heterocycles. The highest BCUT2D eigenvalue weighted by atomic mass is 16.3. The van der Waals surface area contributed by atoms with E-state index >= 15 is 0 Å². The Labute approximate surface area is 108 Å². The number of hydrogen-bond donors (Lipinski definition) is 1. The zero-order valence-corrected chi connectivity index (χ0v) is 10.7. The van der Waals surface area contributed by atoms with Gasteiger partial charge in [0.15, 0.2) is 0 Å². The fraction of sp³-hybridized carbons (Fsp3) is 0.294. The molecule has 0 saturated carbocycles. The maximum absolute atomic E-state index is 9.97. The van der Waals surface area contributed by atoms with Gasteiger partial charge < -0.3 is 5.11 Å². The molecule has 0 unspecified atom stereocenters. The molecule has 2 aromatic rings. The van der Waals surface area contributed by atoms with E-state index < -0.39 is 0 Å². The van der Waals surface area contributed by atoms with Crippen LogP contribution in [0.15, 0.2) is 42.5 Å². The normalized spacial score (nSPS) is 18.4. The molecule has 0 heterocycles. The first-order chi connectivity index (χ1) is 8.74. The Hall–Kier alpha value is -1.60. The van der Waals surface area contributed by atoms with Gasteiger partial charge in [0, 0.05) is 0 Å². The van der Waals surface area contributed by atoms with E-state index in [1.54, 1.807) is 0 Å². The Morgan fingerprint density at radius 1 is 1.06 bits per heavy atom. The van der Waals surface area contributed by atoms with Gasteiger partial charge in [-0.05, 0) is 48.4 Å². The van der Waals surface area contributed by atoms with Gasteiger partial charge >= 0.3 is 0 Å².